The standard InChI is InChI=1S/C15H10BrCl2IN2/c16-9-1-3-14-12(7-9)20-15(5-6-17)21(14)13-4-2-10(19)8-11(13)18/h1-4,7-8H,5-6H2. The van der Waals surface area contributed by atoms with Crippen LogP contribution in [0, 0.1) is 3.57 Å². The van der Waals surface area contributed by atoms with Crippen LogP contribution in [-0.2, 0) is 6.42 Å². The van der Waals surface area contributed by atoms with Crippen LogP contribution in [0.4, 0.5) is 0 Å². The van der Waals surface area contributed by atoms with Gasteiger partial charge in [-0.15, -0.1) is 11.6 Å². The molecule has 0 amide bonds. The van der Waals surface area contributed by atoms with Gasteiger partial charge in [0.15, 0.2) is 0 Å². The smallest absolute Gasteiger partial charge is 0.115 e. The number of aromatic nitrogens is 2. The van der Waals surface area contributed by atoms with E-state index in [2.05, 4.69) is 43.1 Å². The second kappa shape index (κ2) is 6.44. The molecule has 0 saturated carbocycles. The summed E-state index contributed by atoms with van der Waals surface area (Å²) in [6.45, 7) is 0. The second-order valence-corrected chi connectivity index (χ2v) is 7.48. The molecule has 1 heterocycles. The Morgan fingerprint density at radius 2 is 2.00 bits per heavy atom. The summed E-state index contributed by atoms with van der Waals surface area (Å²) in [6, 6.07) is 12.1. The van der Waals surface area contributed by atoms with E-state index in [0.29, 0.717) is 17.3 Å². The minimum absolute atomic E-state index is 0.520. The van der Waals surface area contributed by atoms with E-state index < -0.39 is 0 Å². The molecule has 0 fully saturated rings. The van der Waals surface area contributed by atoms with Crippen molar-refractivity contribution in [3.05, 3.63) is 55.3 Å². The lowest BCUT2D eigenvalue weighted by Gasteiger charge is -2.11. The Labute approximate surface area is 154 Å². The number of rotatable bonds is 3. The van der Waals surface area contributed by atoms with Gasteiger partial charge in [-0.05, 0) is 59.0 Å². The third kappa shape index (κ3) is 3.09. The largest absolute Gasteiger partial charge is 0.295 e. The van der Waals surface area contributed by atoms with Crippen molar-refractivity contribution in [3.8, 4) is 5.69 Å². The molecule has 0 aliphatic carbocycles. The maximum Gasteiger partial charge on any atom is 0.115 e. The number of imidazole rings is 1. The summed E-state index contributed by atoms with van der Waals surface area (Å²) in [4.78, 5) is 4.69. The molecule has 1 aromatic heterocycles. The van der Waals surface area contributed by atoms with E-state index in [9.17, 15) is 0 Å². The summed E-state index contributed by atoms with van der Waals surface area (Å²) in [7, 11) is 0. The number of fused-ring (bicyclic) bond motifs is 1. The van der Waals surface area contributed by atoms with Gasteiger partial charge >= 0.3 is 0 Å². The molecule has 108 valence electrons. The first kappa shape index (κ1) is 15.6. The molecule has 0 saturated heterocycles. The maximum absolute atomic E-state index is 6.43. The summed E-state index contributed by atoms with van der Waals surface area (Å²) < 4.78 is 4.20. The van der Waals surface area contributed by atoms with Gasteiger partial charge < -0.3 is 0 Å². The second-order valence-electron chi connectivity index (χ2n) is 4.53. The minimum Gasteiger partial charge on any atom is -0.295 e. The minimum atomic E-state index is 0.520. The van der Waals surface area contributed by atoms with Crippen molar-refractivity contribution in [2.75, 3.05) is 5.88 Å². The highest BCUT2D eigenvalue weighted by Gasteiger charge is 2.14. The molecule has 0 atom stereocenters. The monoisotopic (exact) mass is 494 g/mol. The number of halogens is 4. The number of hydrogen-bond donors (Lipinski definition) is 0. The fourth-order valence-electron chi connectivity index (χ4n) is 2.29. The van der Waals surface area contributed by atoms with Crippen molar-refractivity contribution < 1.29 is 0 Å². The van der Waals surface area contributed by atoms with Gasteiger partial charge in [-0.25, -0.2) is 4.98 Å². The van der Waals surface area contributed by atoms with Gasteiger partial charge in [0.25, 0.3) is 0 Å². The fourth-order valence-corrected chi connectivity index (χ4v) is 3.75. The van der Waals surface area contributed by atoms with Gasteiger partial charge in [0, 0.05) is 20.3 Å². The number of hydrogen-bond acceptors (Lipinski definition) is 1. The van der Waals surface area contributed by atoms with Crippen LogP contribution in [0.25, 0.3) is 16.7 Å². The first-order chi connectivity index (χ1) is 10.1. The van der Waals surface area contributed by atoms with Crippen LogP contribution in [0.3, 0.4) is 0 Å². The maximum atomic E-state index is 6.43. The lowest BCUT2D eigenvalue weighted by atomic mass is 10.2. The van der Waals surface area contributed by atoms with E-state index in [-0.39, 0.29) is 0 Å². The van der Waals surface area contributed by atoms with Crippen LogP contribution < -0.4 is 0 Å². The van der Waals surface area contributed by atoms with Gasteiger partial charge in [-0.2, -0.15) is 0 Å². The highest BCUT2D eigenvalue weighted by molar-refractivity contribution is 14.1. The molecule has 0 aliphatic heterocycles. The molecular weight excluding hydrogens is 486 g/mol. The van der Waals surface area contributed by atoms with Crippen LogP contribution in [0.5, 0.6) is 0 Å². The molecule has 0 spiro atoms. The number of alkyl halides is 1. The Morgan fingerprint density at radius 1 is 1.19 bits per heavy atom. The third-order valence-corrected chi connectivity index (χ3v) is 4.81. The Kier molecular flexibility index (Phi) is 4.78. The van der Waals surface area contributed by atoms with Crippen molar-refractivity contribution in [1.29, 1.82) is 0 Å². The Morgan fingerprint density at radius 3 is 2.71 bits per heavy atom. The summed E-state index contributed by atoms with van der Waals surface area (Å²) >= 11 is 18.1. The molecule has 0 bridgehead atoms. The van der Waals surface area contributed by atoms with E-state index in [0.717, 1.165) is 30.6 Å². The predicted molar refractivity (Wildman–Crippen MR) is 101 cm³/mol. The average Bonchev–Trinajstić information content (AvgIpc) is 2.76. The van der Waals surface area contributed by atoms with Gasteiger partial charge in [-0.3, -0.25) is 4.57 Å². The first-order valence-electron chi connectivity index (χ1n) is 6.28. The molecule has 2 aromatic carbocycles. The van der Waals surface area contributed by atoms with Crippen molar-refractivity contribution >= 4 is 72.8 Å². The highest BCUT2D eigenvalue weighted by atomic mass is 127. The molecule has 21 heavy (non-hydrogen) atoms. The van der Waals surface area contributed by atoms with Crippen LogP contribution >= 0.6 is 61.7 Å². The average molecular weight is 496 g/mol. The Balaban J connectivity index is 2.30. The SMILES string of the molecule is ClCCc1nc2cc(Br)ccc2n1-c1ccc(I)cc1Cl. The van der Waals surface area contributed by atoms with Crippen molar-refractivity contribution in [1.82, 2.24) is 9.55 Å². The lowest BCUT2D eigenvalue weighted by Crippen LogP contribution is -2.03. The summed E-state index contributed by atoms with van der Waals surface area (Å²) in [6.07, 6.45) is 0.691. The molecule has 0 aliphatic rings. The molecule has 0 radical (unpaired) electrons. The molecule has 0 unspecified atom stereocenters. The van der Waals surface area contributed by atoms with E-state index in [4.69, 9.17) is 28.2 Å². The van der Waals surface area contributed by atoms with Crippen molar-refractivity contribution in [3.63, 3.8) is 0 Å². The van der Waals surface area contributed by atoms with Gasteiger partial charge in [0.1, 0.15) is 5.82 Å². The van der Waals surface area contributed by atoms with E-state index >= 15 is 0 Å². The van der Waals surface area contributed by atoms with Gasteiger partial charge in [0.05, 0.1) is 21.7 Å². The molecule has 3 rings (SSSR count). The topological polar surface area (TPSA) is 17.8 Å². The molecular formula is C15H10BrCl2IN2. The van der Waals surface area contributed by atoms with Gasteiger partial charge in [0.2, 0.25) is 0 Å². The lowest BCUT2D eigenvalue weighted by molar-refractivity contribution is 0.912. The molecule has 3 aromatic rings. The van der Waals surface area contributed by atoms with Crippen LogP contribution in [0.2, 0.25) is 5.02 Å². The predicted octanol–water partition coefficient (Wildman–Crippen LogP) is 5.83. The van der Waals surface area contributed by atoms with Gasteiger partial charge in [-0.1, -0.05) is 27.5 Å². The van der Waals surface area contributed by atoms with Crippen LogP contribution in [0.1, 0.15) is 5.82 Å². The third-order valence-electron chi connectivity index (χ3n) is 3.15. The zero-order chi connectivity index (χ0) is 15.0. The van der Waals surface area contributed by atoms with E-state index in [1.54, 1.807) is 0 Å². The summed E-state index contributed by atoms with van der Waals surface area (Å²) in [5, 5.41) is 0.708. The fraction of sp³-hybridized carbons (Fsp3) is 0.133. The zero-order valence-electron chi connectivity index (χ0n) is 10.8. The Bertz CT molecular complexity index is 817. The number of nitrogens with zero attached hydrogens (tertiary/aromatic N) is 2. The number of benzene rings is 2. The number of aryl methyl sites for hydroxylation is 1. The van der Waals surface area contributed by atoms with E-state index in [1.165, 1.54) is 0 Å². The van der Waals surface area contributed by atoms with Crippen molar-refractivity contribution in [2.45, 2.75) is 6.42 Å². The normalized spacial score (nSPS) is 11.2. The molecule has 0 N–H and O–H groups in total. The van der Waals surface area contributed by atoms with Crippen LogP contribution in [-0.4, -0.2) is 15.4 Å². The van der Waals surface area contributed by atoms with Crippen LogP contribution in [0.15, 0.2) is 40.9 Å². The summed E-state index contributed by atoms with van der Waals surface area (Å²) in [5.74, 6) is 1.44. The highest BCUT2D eigenvalue weighted by Crippen LogP contribution is 2.29. The first-order valence-corrected chi connectivity index (χ1v) is 9.07. The van der Waals surface area contributed by atoms with E-state index in [1.807, 2.05) is 36.4 Å². The van der Waals surface area contributed by atoms with Crippen molar-refractivity contribution in [2.24, 2.45) is 0 Å². The quantitative estimate of drug-likeness (QED) is 0.330. The zero-order valence-corrected chi connectivity index (χ0v) is 16.0. The molecule has 2 nitrogen and oxygen atoms in total. The molecule has 6 heteroatoms. The Hall–Kier alpha value is -0.300. The summed E-state index contributed by atoms with van der Waals surface area (Å²) in [5.41, 5.74) is 2.89.